The van der Waals surface area contributed by atoms with E-state index in [1.807, 2.05) is 0 Å². The van der Waals surface area contributed by atoms with Crippen LogP contribution in [-0.2, 0) is 16.2 Å². The van der Waals surface area contributed by atoms with Gasteiger partial charge in [-0.25, -0.2) is 0 Å². The molecule has 0 N–H and O–H groups in total. The largest absolute Gasteiger partial charge is 0.0619 e. The Balaban J connectivity index is 0.827. The fourth-order valence-corrected chi connectivity index (χ4v) is 11.2. The zero-order valence-corrected chi connectivity index (χ0v) is 36.7. The van der Waals surface area contributed by atoms with Gasteiger partial charge in [-0.05, 0) is 151 Å². The molecular weight excluding hydrogens is 745 g/mol. The molecule has 2 aliphatic rings. The Hall–Kier alpha value is -6.76. The number of hydrogen-bond acceptors (Lipinski definition) is 0. The van der Waals surface area contributed by atoms with Crippen molar-refractivity contribution in [2.45, 2.75) is 64.7 Å². The third-order valence-electron chi connectivity index (χ3n) is 14.8. The summed E-state index contributed by atoms with van der Waals surface area (Å²) in [5.74, 6) is 0. The summed E-state index contributed by atoms with van der Waals surface area (Å²) in [6, 6.07) is 67.2. The molecular formula is C62H50. The average molecular weight is 795 g/mol. The second kappa shape index (κ2) is 12.9. The van der Waals surface area contributed by atoms with Crippen molar-refractivity contribution in [1.82, 2.24) is 0 Å². The summed E-state index contributed by atoms with van der Waals surface area (Å²) < 4.78 is 0. The minimum atomic E-state index is -0.124. The van der Waals surface area contributed by atoms with Crippen LogP contribution in [0.4, 0.5) is 0 Å². The highest BCUT2D eigenvalue weighted by Crippen LogP contribution is 2.52. The van der Waals surface area contributed by atoms with Crippen molar-refractivity contribution in [2.24, 2.45) is 0 Å². The first-order chi connectivity index (χ1) is 29.8. The molecule has 2 aliphatic carbocycles. The van der Waals surface area contributed by atoms with E-state index in [0.29, 0.717) is 0 Å². The van der Waals surface area contributed by atoms with Crippen LogP contribution in [0.3, 0.4) is 0 Å². The molecule has 0 aromatic heterocycles. The van der Waals surface area contributed by atoms with Gasteiger partial charge < -0.3 is 0 Å². The zero-order valence-electron chi connectivity index (χ0n) is 36.7. The molecule has 0 saturated carbocycles. The molecule has 298 valence electrons. The van der Waals surface area contributed by atoms with Crippen LogP contribution in [0.1, 0.15) is 76.3 Å². The van der Waals surface area contributed by atoms with Gasteiger partial charge in [0, 0.05) is 10.8 Å². The Kier molecular flexibility index (Phi) is 7.70. The third kappa shape index (κ3) is 5.39. The molecule has 0 nitrogen and oxygen atoms in total. The molecule has 0 saturated heterocycles. The molecule has 0 heteroatoms. The van der Waals surface area contributed by atoms with E-state index in [2.05, 4.69) is 224 Å². The van der Waals surface area contributed by atoms with Crippen LogP contribution in [0.5, 0.6) is 0 Å². The summed E-state index contributed by atoms with van der Waals surface area (Å²) in [7, 11) is 0. The van der Waals surface area contributed by atoms with Crippen molar-refractivity contribution >= 4 is 32.3 Å². The first-order valence-electron chi connectivity index (χ1n) is 22.3. The quantitative estimate of drug-likeness (QED) is 0.156. The lowest BCUT2D eigenvalue weighted by Gasteiger charge is -2.23. The molecule has 0 atom stereocenters. The van der Waals surface area contributed by atoms with E-state index in [1.54, 1.807) is 0 Å². The van der Waals surface area contributed by atoms with Gasteiger partial charge in [0.05, 0.1) is 0 Å². The van der Waals surface area contributed by atoms with Crippen molar-refractivity contribution in [2.75, 3.05) is 0 Å². The number of fused-ring (bicyclic) bond motifs is 6. The predicted molar refractivity (Wildman–Crippen MR) is 266 cm³/mol. The van der Waals surface area contributed by atoms with Crippen molar-refractivity contribution in [1.29, 1.82) is 0 Å². The maximum absolute atomic E-state index is 2.44. The van der Waals surface area contributed by atoms with Gasteiger partial charge in [0.25, 0.3) is 0 Å². The maximum atomic E-state index is 2.44. The van der Waals surface area contributed by atoms with Gasteiger partial charge >= 0.3 is 0 Å². The van der Waals surface area contributed by atoms with Gasteiger partial charge in [-0.3, -0.25) is 0 Å². The van der Waals surface area contributed by atoms with Gasteiger partial charge in [-0.15, -0.1) is 0 Å². The van der Waals surface area contributed by atoms with Crippen LogP contribution in [0.15, 0.2) is 176 Å². The lowest BCUT2D eigenvalue weighted by Crippen LogP contribution is -2.15. The van der Waals surface area contributed by atoms with Crippen molar-refractivity contribution in [3.8, 4) is 66.8 Å². The smallest absolute Gasteiger partial charge is 0.0159 e. The molecule has 0 unspecified atom stereocenters. The van der Waals surface area contributed by atoms with Crippen molar-refractivity contribution < 1.29 is 0 Å². The molecule has 0 aliphatic heterocycles. The lowest BCUT2D eigenvalue weighted by atomic mass is 9.80. The summed E-state index contributed by atoms with van der Waals surface area (Å²) in [6.07, 6.45) is 0. The Morgan fingerprint density at radius 2 is 0.694 bits per heavy atom. The molecule has 0 bridgehead atoms. The van der Waals surface area contributed by atoms with Crippen LogP contribution in [0.2, 0.25) is 0 Å². The molecule has 10 aromatic rings. The Bertz CT molecular complexity index is 3440. The molecule has 0 radical (unpaired) electrons. The average Bonchev–Trinajstić information content (AvgIpc) is 3.66. The van der Waals surface area contributed by atoms with E-state index >= 15 is 0 Å². The standard InChI is InChI=1S/C62H50/c1-60(2,3)47-32-45-21-20-41-22-27-48(53-31-26-46(33-47)58(45)59(41)53)40-18-16-39(17-19-40)44-25-30-52-51-29-24-43(35-56(51)62(6,7)57(52)36-44)38-14-12-37(13-15-38)42-23-28-50-49-10-8-9-11-54(49)61(4,5)55(50)34-42/h8-36H,1-7H3. The Labute approximate surface area is 365 Å². The first-order valence-corrected chi connectivity index (χ1v) is 22.3. The highest BCUT2D eigenvalue weighted by Gasteiger charge is 2.37. The monoisotopic (exact) mass is 794 g/mol. The summed E-state index contributed by atoms with van der Waals surface area (Å²) in [5, 5.41) is 8.02. The molecule has 0 fully saturated rings. The van der Waals surface area contributed by atoms with Crippen molar-refractivity contribution in [3.05, 3.63) is 204 Å². The van der Waals surface area contributed by atoms with Crippen LogP contribution >= 0.6 is 0 Å². The van der Waals surface area contributed by atoms with Crippen molar-refractivity contribution in [3.63, 3.8) is 0 Å². The third-order valence-corrected chi connectivity index (χ3v) is 14.8. The maximum Gasteiger partial charge on any atom is 0.0159 e. The van der Waals surface area contributed by atoms with E-state index < -0.39 is 0 Å². The number of hydrogen-bond donors (Lipinski definition) is 0. The highest BCUT2D eigenvalue weighted by atomic mass is 14.4. The minimum absolute atomic E-state index is 0.00712. The topological polar surface area (TPSA) is 0 Å². The molecule has 12 rings (SSSR count). The highest BCUT2D eigenvalue weighted by molar-refractivity contribution is 6.25. The summed E-state index contributed by atoms with van der Waals surface area (Å²) in [5.41, 5.74) is 22.5. The second-order valence-corrected chi connectivity index (χ2v) is 20.2. The predicted octanol–water partition coefficient (Wildman–Crippen LogP) is 17.2. The number of benzene rings is 10. The summed E-state index contributed by atoms with van der Waals surface area (Å²) in [6.45, 7) is 16.4. The Morgan fingerprint density at radius 3 is 1.21 bits per heavy atom. The van der Waals surface area contributed by atoms with E-state index in [-0.39, 0.29) is 16.2 Å². The van der Waals surface area contributed by atoms with Crippen LogP contribution in [0.25, 0.3) is 99.1 Å². The van der Waals surface area contributed by atoms with Gasteiger partial charge in [-0.1, -0.05) is 206 Å². The zero-order chi connectivity index (χ0) is 42.3. The van der Waals surface area contributed by atoms with E-state index in [4.69, 9.17) is 0 Å². The SMILES string of the molecule is CC(C)(C)c1cc2ccc3ccc(-c4ccc(-c5ccc6c(c5)C(C)(C)c5cc(-c7ccc(-c8ccc9c(c8)C(C)(C)c8ccccc8-9)cc7)ccc5-6)cc4)c4ccc(c1)c2c34. The number of rotatable bonds is 4. The second-order valence-electron chi connectivity index (χ2n) is 20.2. The van der Waals surface area contributed by atoms with Gasteiger partial charge in [0.1, 0.15) is 0 Å². The van der Waals surface area contributed by atoms with E-state index in [1.165, 1.54) is 127 Å². The van der Waals surface area contributed by atoms with E-state index in [9.17, 15) is 0 Å². The molecule has 0 spiro atoms. The summed E-state index contributed by atoms with van der Waals surface area (Å²) >= 11 is 0. The van der Waals surface area contributed by atoms with Crippen LogP contribution < -0.4 is 0 Å². The molecule has 62 heavy (non-hydrogen) atoms. The van der Waals surface area contributed by atoms with Gasteiger partial charge in [-0.2, -0.15) is 0 Å². The fourth-order valence-electron chi connectivity index (χ4n) is 11.2. The van der Waals surface area contributed by atoms with E-state index in [0.717, 1.165) is 0 Å². The minimum Gasteiger partial charge on any atom is -0.0619 e. The summed E-state index contributed by atoms with van der Waals surface area (Å²) in [4.78, 5) is 0. The molecule has 0 heterocycles. The molecule has 10 aromatic carbocycles. The Morgan fingerprint density at radius 1 is 0.306 bits per heavy atom. The van der Waals surface area contributed by atoms with Crippen LogP contribution in [-0.4, -0.2) is 0 Å². The van der Waals surface area contributed by atoms with Gasteiger partial charge in [0.15, 0.2) is 0 Å². The fraction of sp³-hybridized carbons (Fsp3) is 0.161. The first kappa shape index (κ1) is 37.0. The van der Waals surface area contributed by atoms with Crippen LogP contribution in [0, 0.1) is 0 Å². The van der Waals surface area contributed by atoms with Gasteiger partial charge in [0.2, 0.25) is 0 Å². The molecule has 0 amide bonds. The lowest BCUT2D eigenvalue weighted by molar-refractivity contribution is 0.591. The normalized spacial score (nSPS) is 14.6.